The third kappa shape index (κ3) is 7.30. The molecule has 1 aliphatic carbocycles. The Labute approximate surface area is 204 Å². The second kappa shape index (κ2) is 14.0. The maximum Gasteiger partial charge on any atom is 0.162 e. The molecular formula is C30H41BrO. The van der Waals surface area contributed by atoms with Gasteiger partial charge in [0.15, 0.2) is 5.78 Å². The zero-order chi connectivity index (χ0) is 22.6. The van der Waals surface area contributed by atoms with Gasteiger partial charge in [0.05, 0.1) is 4.83 Å². The summed E-state index contributed by atoms with van der Waals surface area (Å²) in [6.07, 6.45) is 19.5. The molecule has 0 bridgehead atoms. The van der Waals surface area contributed by atoms with E-state index in [1.807, 2.05) is 6.07 Å². The minimum Gasteiger partial charge on any atom is -0.294 e. The normalized spacial score (nSPS) is 14.4. The van der Waals surface area contributed by atoms with Crippen molar-refractivity contribution in [3.63, 3.8) is 0 Å². The Morgan fingerprint density at radius 2 is 1.22 bits per heavy atom. The molecule has 0 saturated heterocycles. The molecule has 1 atom stereocenters. The Morgan fingerprint density at radius 3 is 1.84 bits per heavy atom. The highest BCUT2D eigenvalue weighted by atomic mass is 79.9. The maximum absolute atomic E-state index is 12.7. The van der Waals surface area contributed by atoms with Crippen LogP contribution in [0.3, 0.4) is 0 Å². The molecule has 0 radical (unpaired) electrons. The van der Waals surface area contributed by atoms with Crippen LogP contribution in [0.15, 0.2) is 42.5 Å². The molecular weight excluding hydrogens is 456 g/mol. The molecule has 174 valence electrons. The van der Waals surface area contributed by atoms with Gasteiger partial charge < -0.3 is 0 Å². The van der Waals surface area contributed by atoms with Crippen LogP contribution in [0, 0.1) is 0 Å². The number of benzene rings is 2. The average molecular weight is 498 g/mol. The second-order valence-corrected chi connectivity index (χ2v) is 10.4. The molecule has 2 aromatic carbocycles. The number of rotatable bonds is 16. The van der Waals surface area contributed by atoms with E-state index in [2.05, 4.69) is 59.3 Å². The molecule has 0 spiro atoms. The molecule has 32 heavy (non-hydrogen) atoms. The first-order valence-electron chi connectivity index (χ1n) is 13.1. The van der Waals surface area contributed by atoms with E-state index in [0.29, 0.717) is 12.2 Å². The van der Waals surface area contributed by atoms with Crippen LogP contribution in [-0.4, -0.2) is 5.78 Å². The summed E-state index contributed by atoms with van der Waals surface area (Å²) in [5, 5.41) is 0. The SMILES string of the molecule is CCCCCCCCCCCCCCCCC(=O)c1ccc2c(c1)C(Br)c1ccccc1-2. The molecule has 1 nitrogen and oxygen atoms in total. The lowest BCUT2D eigenvalue weighted by molar-refractivity contribution is 0.0979. The van der Waals surface area contributed by atoms with E-state index in [1.165, 1.54) is 106 Å². The third-order valence-electron chi connectivity index (χ3n) is 6.93. The minimum atomic E-state index is 0.197. The molecule has 1 aliphatic rings. The van der Waals surface area contributed by atoms with Gasteiger partial charge in [-0.15, -0.1) is 0 Å². The van der Waals surface area contributed by atoms with Crippen LogP contribution in [0.1, 0.15) is 130 Å². The molecule has 0 saturated carbocycles. The lowest BCUT2D eigenvalue weighted by Crippen LogP contribution is -2.00. The van der Waals surface area contributed by atoms with E-state index in [9.17, 15) is 4.79 Å². The first-order valence-corrected chi connectivity index (χ1v) is 14.0. The first kappa shape index (κ1) is 25.2. The monoisotopic (exact) mass is 496 g/mol. The number of carbonyl (C=O) groups excluding carboxylic acids is 1. The van der Waals surface area contributed by atoms with E-state index in [1.54, 1.807) is 0 Å². The summed E-state index contributed by atoms with van der Waals surface area (Å²) in [6, 6.07) is 14.8. The van der Waals surface area contributed by atoms with Gasteiger partial charge in [-0.3, -0.25) is 4.79 Å². The minimum absolute atomic E-state index is 0.197. The Bertz CT molecular complexity index is 840. The van der Waals surface area contributed by atoms with Crippen molar-refractivity contribution in [3.05, 3.63) is 59.2 Å². The van der Waals surface area contributed by atoms with Gasteiger partial charge in [-0.1, -0.05) is 143 Å². The van der Waals surface area contributed by atoms with Gasteiger partial charge >= 0.3 is 0 Å². The van der Waals surface area contributed by atoms with Crippen LogP contribution in [-0.2, 0) is 0 Å². The molecule has 1 unspecified atom stereocenters. The maximum atomic E-state index is 12.7. The summed E-state index contributed by atoms with van der Waals surface area (Å²) in [7, 11) is 0. The lowest BCUT2D eigenvalue weighted by Gasteiger charge is -2.07. The Balaban J connectivity index is 1.25. The summed E-state index contributed by atoms with van der Waals surface area (Å²) < 4.78 is 0. The van der Waals surface area contributed by atoms with Crippen LogP contribution < -0.4 is 0 Å². The van der Waals surface area contributed by atoms with Gasteiger partial charge in [-0.05, 0) is 34.7 Å². The number of Topliss-reactive ketones (excluding diaryl/α,β-unsaturated/α-hetero) is 1. The molecule has 0 amide bonds. The molecule has 0 aromatic heterocycles. The highest BCUT2D eigenvalue weighted by Crippen LogP contribution is 2.48. The quantitative estimate of drug-likeness (QED) is 0.128. The summed E-state index contributed by atoms with van der Waals surface area (Å²) in [6.45, 7) is 2.28. The molecule has 0 heterocycles. The first-order chi connectivity index (χ1) is 15.7. The van der Waals surface area contributed by atoms with E-state index < -0.39 is 0 Å². The van der Waals surface area contributed by atoms with Gasteiger partial charge in [0, 0.05) is 12.0 Å². The van der Waals surface area contributed by atoms with Crippen molar-refractivity contribution in [2.24, 2.45) is 0 Å². The number of halogens is 1. The zero-order valence-electron chi connectivity index (χ0n) is 20.0. The summed E-state index contributed by atoms with van der Waals surface area (Å²) in [4.78, 5) is 12.9. The van der Waals surface area contributed by atoms with Crippen molar-refractivity contribution in [1.82, 2.24) is 0 Å². The van der Waals surface area contributed by atoms with Crippen molar-refractivity contribution < 1.29 is 4.79 Å². The smallest absolute Gasteiger partial charge is 0.162 e. The van der Waals surface area contributed by atoms with E-state index in [4.69, 9.17) is 0 Å². The van der Waals surface area contributed by atoms with E-state index in [-0.39, 0.29) is 4.83 Å². The molecule has 0 N–H and O–H groups in total. The van der Waals surface area contributed by atoms with Crippen molar-refractivity contribution in [3.8, 4) is 11.1 Å². The Kier molecular flexibility index (Phi) is 11.0. The Morgan fingerprint density at radius 1 is 0.688 bits per heavy atom. The summed E-state index contributed by atoms with van der Waals surface area (Å²) in [5.74, 6) is 0.294. The van der Waals surface area contributed by atoms with Gasteiger partial charge in [-0.25, -0.2) is 0 Å². The number of hydrogen-bond acceptors (Lipinski definition) is 1. The average Bonchev–Trinajstić information content (AvgIpc) is 3.11. The Hall–Kier alpha value is -1.41. The van der Waals surface area contributed by atoms with E-state index in [0.717, 1.165) is 12.0 Å². The van der Waals surface area contributed by atoms with Crippen LogP contribution in [0.5, 0.6) is 0 Å². The molecule has 2 aromatic rings. The van der Waals surface area contributed by atoms with Crippen molar-refractivity contribution in [2.45, 2.75) is 108 Å². The molecule has 2 heteroatoms. The zero-order valence-corrected chi connectivity index (χ0v) is 21.6. The fourth-order valence-electron chi connectivity index (χ4n) is 4.95. The van der Waals surface area contributed by atoms with Crippen LogP contribution in [0.25, 0.3) is 11.1 Å². The van der Waals surface area contributed by atoms with Crippen LogP contribution in [0.2, 0.25) is 0 Å². The predicted molar refractivity (Wildman–Crippen MR) is 142 cm³/mol. The highest BCUT2D eigenvalue weighted by Gasteiger charge is 2.26. The third-order valence-corrected chi connectivity index (χ3v) is 7.91. The fourth-order valence-corrected chi connectivity index (χ4v) is 5.72. The summed E-state index contributed by atoms with van der Waals surface area (Å²) in [5.41, 5.74) is 5.96. The van der Waals surface area contributed by atoms with Crippen molar-refractivity contribution in [2.75, 3.05) is 0 Å². The number of ketones is 1. The van der Waals surface area contributed by atoms with E-state index >= 15 is 0 Å². The van der Waals surface area contributed by atoms with Gasteiger partial charge in [-0.2, -0.15) is 0 Å². The summed E-state index contributed by atoms with van der Waals surface area (Å²) >= 11 is 3.83. The number of hydrogen-bond donors (Lipinski definition) is 0. The largest absolute Gasteiger partial charge is 0.294 e. The standard InChI is InChI=1S/C30H41BrO/c1-2-3-4-5-6-7-8-9-10-11-12-13-14-15-20-29(32)24-21-22-26-25-18-16-17-19-27(25)30(31)28(26)23-24/h16-19,21-23,30H,2-15,20H2,1H3. The fraction of sp³-hybridized carbons (Fsp3) is 0.567. The topological polar surface area (TPSA) is 17.1 Å². The van der Waals surface area contributed by atoms with Gasteiger partial charge in [0.25, 0.3) is 0 Å². The van der Waals surface area contributed by atoms with Crippen LogP contribution in [0.4, 0.5) is 0 Å². The van der Waals surface area contributed by atoms with Crippen molar-refractivity contribution in [1.29, 1.82) is 0 Å². The molecule has 3 rings (SSSR count). The number of fused-ring (bicyclic) bond motifs is 3. The van der Waals surface area contributed by atoms with Gasteiger partial charge in [0.2, 0.25) is 0 Å². The van der Waals surface area contributed by atoms with Gasteiger partial charge in [0.1, 0.15) is 0 Å². The molecule has 0 aliphatic heterocycles. The van der Waals surface area contributed by atoms with Crippen molar-refractivity contribution >= 4 is 21.7 Å². The highest BCUT2D eigenvalue weighted by molar-refractivity contribution is 9.09. The second-order valence-electron chi connectivity index (χ2n) is 9.52. The predicted octanol–water partition coefficient (Wildman–Crippen LogP) is 10.2. The number of alkyl halides is 1. The molecule has 0 fully saturated rings. The number of unbranched alkanes of at least 4 members (excludes halogenated alkanes) is 13. The number of carbonyl (C=O) groups is 1. The van der Waals surface area contributed by atoms with Crippen LogP contribution >= 0.6 is 15.9 Å². The lowest BCUT2D eigenvalue weighted by atomic mass is 9.98.